The summed E-state index contributed by atoms with van der Waals surface area (Å²) in [6, 6.07) is 6.99. The fraction of sp³-hybridized carbons (Fsp3) is 0.421. The molecule has 1 aliphatic carbocycles. The van der Waals surface area contributed by atoms with Gasteiger partial charge in [-0.25, -0.2) is 22.2 Å². The molecule has 2 fully saturated rings. The van der Waals surface area contributed by atoms with Gasteiger partial charge in [0, 0.05) is 37.4 Å². The summed E-state index contributed by atoms with van der Waals surface area (Å²) >= 11 is 0. The average molecular weight is 408 g/mol. The Bertz CT molecular complexity index is 941. The molecule has 2 N–H and O–H groups in total. The Morgan fingerprint density at radius 2 is 1.75 bits per heavy atom. The number of likely N-dealkylation sites (tertiary alicyclic amines) is 1. The Kier molecular flexibility index (Phi) is 5.20. The molecule has 1 aromatic carbocycles. The number of nitrogens with zero attached hydrogens (tertiary/aromatic N) is 2. The minimum absolute atomic E-state index is 0.0497. The summed E-state index contributed by atoms with van der Waals surface area (Å²) in [5.41, 5.74) is -0.0523. The maximum Gasteiger partial charge on any atom is 0.263 e. The van der Waals surface area contributed by atoms with Gasteiger partial charge in [0.15, 0.2) is 11.6 Å². The Morgan fingerprint density at radius 1 is 1.00 bits per heavy atom. The van der Waals surface area contributed by atoms with Crippen LogP contribution < -0.4 is 10.0 Å². The second-order valence-electron chi connectivity index (χ2n) is 7.30. The van der Waals surface area contributed by atoms with Crippen LogP contribution in [-0.2, 0) is 10.0 Å². The van der Waals surface area contributed by atoms with Gasteiger partial charge in [-0.3, -0.25) is 4.72 Å². The minimum Gasteiger partial charge on any atom is -0.367 e. The molecule has 2 aromatic rings. The van der Waals surface area contributed by atoms with Crippen LogP contribution in [0.5, 0.6) is 0 Å². The number of piperidine rings is 1. The highest BCUT2D eigenvalue weighted by molar-refractivity contribution is 7.92. The molecule has 1 saturated carbocycles. The van der Waals surface area contributed by atoms with E-state index in [0.29, 0.717) is 11.9 Å². The van der Waals surface area contributed by atoms with E-state index in [9.17, 15) is 17.2 Å². The van der Waals surface area contributed by atoms with Crippen LogP contribution in [0.1, 0.15) is 25.7 Å². The number of benzene rings is 1. The largest absolute Gasteiger partial charge is 0.367 e. The highest BCUT2D eigenvalue weighted by atomic mass is 32.2. The van der Waals surface area contributed by atoms with Gasteiger partial charge in [-0.15, -0.1) is 0 Å². The van der Waals surface area contributed by atoms with Crippen LogP contribution >= 0.6 is 0 Å². The highest BCUT2D eigenvalue weighted by Gasteiger charge is 2.31. The first-order valence-electron chi connectivity index (χ1n) is 9.35. The molecule has 0 spiro atoms. The second kappa shape index (κ2) is 7.63. The van der Waals surface area contributed by atoms with Gasteiger partial charge in [0.25, 0.3) is 10.0 Å². The summed E-state index contributed by atoms with van der Waals surface area (Å²) in [6.07, 6.45) is 5.96. The van der Waals surface area contributed by atoms with E-state index in [1.165, 1.54) is 25.1 Å². The number of pyridine rings is 1. The van der Waals surface area contributed by atoms with Gasteiger partial charge in [-0.05, 0) is 49.9 Å². The predicted octanol–water partition coefficient (Wildman–Crippen LogP) is 3.20. The zero-order valence-electron chi connectivity index (χ0n) is 15.2. The van der Waals surface area contributed by atoms with E-state index in [2.05, 4.69) is 19.9 Å². The maximum absolute atomic E-state index is 13.3. The summed E-state index contributed by atoms with van der Waals surface area (Å²) < 4.78 is 53.3. The summed E-state index contributed by atoms with van der Waals surface area (Å²) in [5.74, 6) is -1.54. The van der Waals surface area contributed by atoms with Crippen LogP contribution in [0.25, 0.3) is 0 Å². The number of hydrogen-bond donors (Lipinski definition) is 2. The molecule has 4 rings (SSSR count). The third-order valence-corrected chi connectivity index (χ3v) is 6.53. The lowest BCUT2D eigenvalue weighted by Crippen LogP contribution is -2.40. The first-order valence-corrected chi connectivity index (χ1v) is 10.8. The second-order valence-corrected chi connectivity index (χ2v) is 8.98. The third-order valence-electron chi connectivity index (χ3n) is 5.16. The van der Waals surface area contributed by atoms with Gasteiger partial charge in [-0.1, -0.05) is 0 Å². The van der Waals surface area contributed by atoms with E-state index in [1.54, 1.807) is 6.07 Å². The minimum atomic E-state index is -3.94. The molecule has 0 bridgehead atoms. The highest BCUT2D eigenvalue weighted by Crippen LogP contribution is 2.30. The Hall–Kier alpha value is -2.26. The quantitative estimate of drug-likeness (QED) is 0.768. The third kappa shape index (κ3) is 4.41. The molecule has 28 heavy (non-hydrogen) atoms. The van der Waals surface area contributed by atoms with Crippen LogP contribution in [0.2, 0.25) is 0 Å². The van der Waals surface area contributed by atoms with Crippen molar-refractivity contribution >= 4 is 21.5 Å². The van der Waals surface area contributed by atoms with E-state index in [4.69, 9.17) is 0 Å². The molecule has 0 radical (unpaired) electrons. The van der Waals surface area contributed by atoms with Gasteiger partial charge in [0.05, 0.1) is 5.69 Å². The predicted molar refractivity (Wildman–Crippen MR) is 103 cm³/mol. The lowest BCUT2D eigenvalue weighted by Gasteiger charge is -2.32. The molecule has 0 amide bonds. The zero-order valence-corrected chi connectivity index (χ0v) is 16.1. The number of nitrogens with one attached hydrogen (secondary N) is 2. The smallest absolute Gasteiger partial charge is 0.263 e. The monoisotopic (exact) mass is 408 g/mol. The van der Waals surface area contributed by atoms with Crippen LogP contribution in [0.4, 0.5) is 20.3 Å². The SMILES string of the molecule is O=S(=O)(Nc1ccc(F)c(F)c1)c1ccc(NC2CCN(C3CC3)CC2)nc1. The van der Waals surface area contributed by atoms with Gasteiger partial charge in [-0.2, -0.15) is 0 Å². The fourth-order valence-corrected chi connectivity index (χ4v) is 4.45. The standard InChI is InChI=1S/C19H22F2N4O2S/c20-17-5-1-14(11-18(17)21)24-28(26,27)16-4-6-19(22-12-16)23-13-7-9-25(10-8-13)15-2-3-15/h1,4-6,11-13,15,24H,2-3,7-10H2,(H,22,23). The van der Waals surface area contributed by atoms with E-state index in [-0.39, 0.29) is 10.6 Å². The van der Waals surface area contributed by atoms with E-state index < -0.39 is 21.7 Å². The number of sulfonamides is 1. The van der Waals surface area contributed by atoms with Gasteiger partial charge in [0.2, 0.25) is 0 Å². The number of hydrogen-bond acceptors (Lipinski definition) is 5. The molecule has 6 nitrogen and oxygen atoms in total. The van der Waals surface area contributed by atoms with Crippen molar-refractivity contribution in [2.45, 2.75) is 42.7 Å². The molecular weight excluding hydrogens is 386 g/mol. The number of halogens is 2. The lowest BCUT2D eigenvalue weighted by atomic mass is 10.0. The first kappa shape index (κ1) is 19.1. The summed E-state index contributed by atoms with van der Waals surface area (Å²) in [6.45, 7) is 2.15. The van der Waals surface area contributed by atoms with Crippen LogP contribution in [0.3, 0.4) is 0 Å². The molecule has 1 aliphatic heterocycles. The van der Waals surface area contributed by atoms with Crippen molar-refractivity contribution < 1.29 is 17.2 Å². The number of aromatic nitrogens is 1. The van der Waals surface area contributed by atoms with E-state index >= 15 is 0 Å². The van der Waals surface area contributed by atoms with Crippen molar-refractivity contribution in [3.8, 4) is 0 Å². The van der Waals surface area contributed by atoms with E-state index in [1.807, 2.05) is 0 Å². The Balaban J connectivity index is 1.37. The van der Waals surface area contributed by atoms with Crippen molar-refractivity contribution in [3.63, 3.8) is 0 Å². The van der Waals surface area contributed by atoms with Gasteiger partial charge < -0.3 is 10.2 Å². The Labute approximate surface area is 163 Å². The fourth-order valence-electron chi connectivity index (χ4n) is 3.46. The molecule has 9 heteroatoms. The van der Waals surface area contributed by atoms with Crippen molar-refractivity contribution in [2.75, 3.05) is 23.1 Å². The molecule has 1 aromatic heterocycles. The summed E-state index contributed by atoms with van der Waals surface area (Å²) in [4.78, 5) is 6.68. The molecule has 0 atom stereocenters. The zero-order chi connectivity index (χ0) is 19.7. The van der Waals surface area contributed by atoms with Gasteiger partial charge in [0.1, 0.15) is 10.7 Å². The average Bonchev–Trinajstić information content (AvgIpc) is 3.51. The van der Waals surface area contributed by atoms with E-state index in [0.717, 1.165) is 50.2 Å². The van der Waals surface area contributed by atoms with Gasteiger partial charge >= 0.3 is 0 Å². The lowest BCUT2D eigenvalue weighted by molar-refractivity contribution is 0.210. The normalized spacial score (nSPS) is 18.8. The van der Waals surface area contributed by atoms with Crippen molar-refractivity contribution in [1.29, 1.82) is 0 Å². The van der Waals surface area contributed by atoms with Crippen molar-refractivity contribution in [3.05, 3.63) is 48.2 Å². The summed E-state index contributed by atoms with van der Waals surface area (Å²) in [7, 11) is -3.94. The molecule has 1 saturated heterocycles. The Morgan fingerprint density at radius 3 is 2.36 bits per heavy atom. The molecular formula is C19H22F2N4O2S. The molecule has 150 valence electrons. The number of anilines is 2. The van der Waals surface area contributed by atoms with Crippen LogP contribution in [0, 0.1) is 11.6 Å². The molecule has 2 heterocycles. The summed E-state index contributed by atoms with van der Waals surface area (Å²) in [5, 5.41) is 3.36. The molecule has 0 unspecified atom stereocenters. The van der Waals surface area contributed by atoms with Crippen molar-refractivity contribution in [1.82, 2.24) is 9.88 Å². The van der Waals surface area contributed by atoms with Crippen molar-refractivity contribution in [2.24, 2.45) is 0 Å². The first-order chi connectivity index (χ1) is 13.4. The van der Waals surface area contributed by atoms with Crippen LogP contribution in [-0.4, -0.2) is 43.5 Å². The topological polar surface area (TPSA) is 74.3 Å². The number of rotatable bonds is 6. The maximum atomic E-state index is 13.3. The van der Waals surface area contributed by atoms with Crippen LogP contribution in [0.15, 0.2) is 41.4 Å². The molecule has 2 aliphatic rings.